The Kier molecular flexibility index (Phi) is 9.06. The monoisotopic (exact) mass is 482 g/mol. The van der Waals surface area contributed by atoms with Gasteiger partial charge in [0.1, 0.15) is 17.5 Å². The summed E-state index contributed by atoms with van der Waals surface area (Å²) in [5, 5.41) is 16.2. The van der Waals surface area contributed by atoms with Crippen molar-refractivity contribution >= 4 is 18.2 Å². The number of nitrogens with one attached hydrogen (secondary N) is 3. The maximum atomic E-state index is 10.7. The van der Waals surface area contributed by atoms with Crippen molar-refractivity contribution in [3.8, 4) is 0 Å². The quantitative estimate of drug-likeness (QED) is 0.488. The van der Waals surface area contributed by atoms with Crippen LogP contribution in [0.4, 0.5) is 0 Å². The molecule has 9 nitrogen and oxygen atoms in total. The van der Waals surface area contributed by atoms with Crippen molar-refractivity contribution in [2.45, 2.75) is 58.3 Å². The highest BCUT2D eigenvalue weighted by Gasteiger charge is 2.40. The third-order valence-corrected chi connectivity index (χ3v) is 6.47. The Bertz CT molecular complexity index is 936. The highest BCUT2D eigenvalue weighted by Crippen LogP contribution is 2.26. The van der Waals surface area contributed by atoms with E-state index in [-0.39, 0.29) is 12.2 Å². The molecular weight excluding hydrogens is 444 g/mol. The van der Waals surface area contributed by atoms with Crippen molar-refractivity contribution < 1.29 is 14.7 Å². The number of hydrogen-bond donors (Lipinski definition) is 4. The largest absolute Gasteiger partial charge is 0.480 e. The van der Waals surface area contributed by atoms with E-state index in [9.17, 15) is 9.59 Å². The third-order valence-electron chi connectivity index (χ3n) is 6.47. The lowest BCUT2D eigenvalue weighted by Gasteiger charge is -2.28. The lowest BCUT2D eigenvalue weighted by molar-refractivity contribution is -0.143. The van der Waals surface area contributed by atoms with Gasteiger partial charge in [-0.25, -0.2) is 10.4 Å². The number of likely N-dealkylation sites (tertiary alicyclic amines) is 1. The fraction of sp³-hybridized carbons (Fsp3) is 0.500. The summed E-state index contributed by atoms with van der Waals surface area (Å²) >= 11 is 0. The molecule has 1 aromatic carbocycles. The summed E-state index contributed by atoms with van der Waals surface area (Å²) < 4.78 is 0. The molecule has 190 valence electrons. The number of benzene rings is 1. The number of aliphatic imine (C=N–C) groups is 1. The van der Waals surface area contributed by atoms with Crippen molar-refractivity contribution in [2.75, 3.05) is 19.6 Å². The standard InChI is InChI=1S/C13H20N4.C7H12N2O3.C6H6/c1-9-4-5-16(7-9)12-6-10(2)13-14-11(3)15-17(13)8-12;1-7(6(11)12)2-5(3-9-7)8-4-10;1-2-4-6-5-3-1/h6,8-9,11,15H,4-5,7H2,1-3H3;4-5,9H,2-3H2,1H3,(H,8,10)(H,11,12);1-6H. The van der Waals surface area contributed by atoms with Gasteiger partial charge in [-0.1, -0.05) is 43.3 Å². The molecule has 4 atom stereocenters. The average Bonchev–Trinajstić information content (AvgIpc) is 3.55. The van der Waals surface area contributed by atoms with Gasteiger partial charge in [-0.3, -0.25) is 19.9 Å². The molecule has 4 aliphatic heterocycles. The van der Waals surface area contributed by atoms with E-state index >= 15 is 0 Å². The van der Waals surface area contributed by atoms with E-state index < -0.39 is 11.5 Å². The third kappa shape index (κ3) is 7.16. The summed E-state index contributed by atoms with van der Waals surface area (Å²) in [6, 6.07) is 11.9. The van der Waals surface area contributed by atoms with Gasteiger partial charge in [-0.2, -0.15) is 0 Å². The van der Waals surface area contributed by atoms with Crippen molar-refractivity contribution in [3.05, 3.63) is 59.9 Å². The Balaban J connectivity index is 0.000000165. The number of nitrogens with zero attached hydrogens (tertiary/aromatic N) is 3. The number of hydrogen-bond acceptors (Lipinski definition) is 7. The predicted molar refractivity (Wildman–Crippen MR) is 137 cm³/mol. The van der Waals surface area contributed by atoms with Crippen LogP contribution in [0.3, 0.4) is 0 Å². The van der Waals surface area contributed by atoms with E-state index in [4.69, 9.17) is 5.11 Å². The van der Waals surface area contributed by atoms with Crippen molar-refractivity contribution in [2.24, 2.45) is 10.9 Å². The molecule has 0 aliphatic carbocycles. The molecule has 9 heteroatoms. The van der Waals surface area contributed by atoms with Gasteiger partial charge >= 0.3 is 5.97 Å². The second-order valence-corrected chi connectivity index (χ2v) is 9.71. The Morgan fingerprint density at radius 2 is 1.89 bits per heavy atom. The molecule has 4 unspecified atom stereocenters. The highest BCUT2D eigenvalue weighted by atomic mass is 16.4. The van der Waals surface area contributed by atoms with Gasteiger partial charge in [-0.15, -0.1) is 0 Å². The summed E-state index contributed by atoms with van der Waals surface area (Å²) in [5.41, 5.74) is 5.01. The number of aliphatic carboxylic acids is 1. The van der Waals surface area contributed by atoms with Gasteiger partial charge in [0.25, 0.3) is 0 Å². The first-order valence-corrected chi connectivity index (χ1v) is 12.2. The number of amides is 1. The first-order chi connectivity index (χ1) is 16.7. The summed E-state index contributed by atoms with van der Waals surface area (Å²) in [5.74, 6) is 0.997. The summed E-state index contributed by atoms with van der Waals surface area (Å²) in [6.07, 6.45) is 6.94. The van der Waals surface area contributed by atoms with Crippen LogP contribution in [0.5, 0.6) is 0 Å². The van der Waals surface area contributed by atoms with Crippen LogP contribution in [0.25, 0.3) is 0 Å². The van der Waals surface area contributed by atoms with E-state index in [1.807, 2.05) is 36.4 Å². The Hall–Kier alpha value is -3.17. The van der Waals surface area contributed by atoms with Crippen molar-refractivity contribution in [3.63, 3.8) is 0 Å². The number of allylic oxidation sites excluding steroid dienone is 1. The van der Waals surface area contributed by atoms with E-state index in [0.29, 0.717) is 19.4 Å². The second kappa shape index (κ2) is 12.0. The lowest BCUT2D eigenvalue weighted by atomic mass is 9.99. The molecule has 0 aromatic heterocycles. The van der Waals surface area contributed by atoms with Crippen LogP contribution in [0.2, 0.25) is 0 Å². The number of carboxylic acid groups (broad SMARTS) is 1. The number of hydrazine groups is 1. The number of carbonyl (C=O) groups excluding carboxylic acids is 1. The SMILES string of the molecule is CC1(C(=O)O)CC(NC=O)CN1.CC1=CC(N2CCC(C)C2)=CN2NC(C)N=C12.c1ccccc1. The van der Waals surface area contributed by atoms with E-state index in [1.54, 1.807) is 6.92 Å². The maximum Gasteiger partial charge on any atom is 0.323 e. The minimum absolute atomic E-state index is 0.0661. The smallest absolute Gasteiger partial charge is 0.323 e. The molecule has 1 amide bonds. The Morgan fingerprint density at radius 1 is 1.23 bits per heavy atom. The number of carboxylic acids is 1. The van der Waals surface area contributed by atoms with Gasteiger partial charge in [-0.05, 0) is 51.2 Å². The van der Waals surface area contributed by atoms with Crippen molar-refractivity contribution in [1.29, 1.82) is 0 Å². The molecule has 1 aromatic rings. The predicted octanol–water partition coefficient (Wildman–Crippen LogP) is 2.32. The van der Waals surface area contributed by atoms with Gasteiger partial charge in [0, 0.05) is 31.9 Å². The zero-order valence-electron chi connectivity index (χ0n) is 21.1. The summed E-state index contributed by atoms with van der Waals surface area (Å²) in [4.78, 5) is 27.8. The van der Waals surface area contributed by atoms with Gasteiger partial charge in [0.2, 0.25) is 6.41 Å². The van der Waals surface area contributed by atoms with Gasteiger partial charge in [0.05, 0.1) is 5.70 Å². The molecule has 2 fully saturated rings. The summed E-state index contributed by atoms with van der Waals surface area (Å²) in [6.45, 7) is 11.0. The minimum Gasteiger partial charge on any atom is -0.480 e. The highest BCUT2D eigenvalue weighted by molar-refractivity contribution is 6.00. The molecule has 35 heavy (non-hydrogen) atoms. The molecule has 4 aliphatic rings. The molecule has 0 bridgehead atoms. The number of carbonyl (C=O) groups is 2. The second-order valence-electron chi connectivity index (χ2n) is 9.71. The maximum absolute atomic E-state index is 10.7. The fourth-order valence-corrected chi connectivity index (χ4v) is 4.47. The first kappa shape index (κ1) is 26.4. The van der Waals surface area contributed by atoms with E-state index in [0.717, 1.165) is 11.8 Å². The molecule has 0 radical (unpaired) electrons. The molecule has 2 saturated heterocycles. The molecular formula is C26H38N6O3. The normalized spacial score (nSPS) is 28.9. The van der Waals surface area contributed by atoms with Gasteiger partial charge in [0.15, 0.2) is 0 Å². The van der Waals surface area contributed by atoms with Crippen LogP contribution in [-0.4, -0.2) is 70.6 Å². The first-order valence-electron chi connectivity index (χ1n) is 12.2. The molecule has 4 N–H and O–H groups in total. The van der Waals surface area contributed by atoms with Crippen LogP contribution in [0.15, 0.2) is 64.9 Å². The number of fused-ring (bicyclic) bond motifs is 1. The van der Waals surface area contributed by atoms with Crippen LogP contribution >= 0.6 is 0 Å². The van der Waals surface area contributed by atoms with E-state index in [1.165, 1.54) is 30.8 Å². The van der Waals surface area contributed by atoms with Crippen LogP contribution in [0, 0.1) is 5.92 Å². The zero-order valence-corrected chi connectivity index (χ0v) is 21.1. The molecule has 4 heterocycles. The summed E-state index contributed by atoms with van der Waals surface area (Å²) in [7, 11) is 0. The topological polar surface area (TPSA) is 109 Å². The van der Waals surface area contributed by atoms with E-state index in [2.05, 4.69) is 64.0 Å². The lowest BCUT2D eigenvalue weighted by Crippen LogP contribution is -2.44. The Labute approximate surface area is 207 Å². The number of amidine groups is 1. The van der Waals surface area contributed by atoms with Crippen LogP contribution in [-0.2, 0) is 9.59 Å². The molecule has 0 spiro atoms. The Morgan fingerprint density at radius 3 is 2.40 bits per heavy atom. The average molecular weight is 483 g/mol. The van der Waals surface area contributed by atoms with Crippen molar-refractivity contribution in [1.82, 2.24) is 26.0 Å². The van der Waals surface area contributed by atoms with Crippen LogP contribution < -0.4 is 16.1 Å². The molecule has 5 rings (SSSR count). The molecule has 0 saturated carbocycles. The zero-order chi connectivity index (χ0) is 25.4. The fourth-order valence-electron chi connectivity index (χ4n) is 4.47. The minimum atomic E-state index is -0.888. The number of rotatable bonds is 4. The van der Waals surface area contributed by atoms with Crippen LogP contribution in [0.1, 0.15) is 40.5 Å². The van der Waals surface area contributed by atoms with Gasteiger partial charge < -0.3 is 15.3 Å².